The molecule has 0 amide bonds. The van der Waals surface area contributed by atoms with Gasteiger partial charge in [-0.25, -0.2) is 14.4 Å². The van der Waals surface area contributed by atoms with Crippen LogP contribution in [0.1, 0.15) is 35.3 Å². The van der Waals surface area contributed by atoms with E-state index in [4.69, 9.17) is 71.1 Å². The molecule has 5 fully saturated rings. The molecule has 94 heavy (non-hydrogen) atoms. The smallest absolute Gasteiger partial charge is 0.338 e. The minimum Gasteiger partial charge on any atom is -0.508 e. The zero-order valence-corrected chi connectivity index (χ0v) is 50.2. The molecule has 5 saturated heterocycles. The molecule has 3 aromatic rings. The Morgan fingerprint density at radius 1 is 0.500 bits per heavy atom. The summed E-state index contributed by atoms with van der Waals surface area (Å²) in [6.45, 7) is -4.45. The Hall–Kier alpha value is -6.95. The van der Waals surface area contributed by atoms with Crippen LogP contribution in [0.25, 0.3) is 12.2 Å². The highest BCUT2D eigenvalue weighted by Gasteiger charge is 2.64. The molecule has 0 unspecified atom stereocenters. The Morgan fingerprint density at radius 2 is 1.00 bits per heavy atom. The summed E-state index contributed by atoms with van der Waals surface area (Å²) in [7, 11) is 1.27. The summed E-state index contributed by atoms with van der Waals surface area (Å²) in [4.78, 5) is 67.5. The van der Waals surface area contributed by atoms with E-state index in [1.54, 1.807) is 6.07 Å². The van der Waals surface area contributed by atoms with Crippen LogP contribution in [0.5, 0.6) is 17.2 Å². The normalized spacial score (nSPS) is 36.0. The van der Waals surface area contributed by atoms with Crippen molar-refractivity contribution in [2.24, 2.45) is 0 Å². The van der Waals surface area contributed by atoms with Gasteiger partial charge in [-0.05, 0) is 59.7 Å². The topological polar surface area (TPSA) is 507 Å². The number of rotatable bonds is 25. The number of ether oxygens (including phenoxy) is 15. The van der Waals surface area contributed by atoms with Gasteiger partial charge in [0.15, 0.2) is 48.9 Å². The molecule has 34 nitrogen and oxygen atoms in total. The van der Waals surface area contributed by atoms with E-state index in [2.05, 4.69) is 0 Å². The Morgan fingerprint density at radius 3 is 1.56 bits per heavy atom. The van der Waals surface area contributed by atoms with Gasteiger partial charge in [0, 0.05) is 26.0 Å². The zero-order valence-electron chi connectivity index (χ0n) is 50.2. The second-order valence-electron chi connectivity index (χ2n) is 22.0. The first-order valence-electron chi connectivity index (χ1n) is 29.1. The van der Waals surface area contributed by atoms with Crippen LogP contribution < -0.4 is 4.74 Å². The Bertz CT molecular complexity index is 3060. The van der Waals surface area contributed by atoms with E-state index in [0.717, 1.165) is 26.0 Å². The summed E-state index contributed by atoms with van der Waals surface area (Å²) in [5.74, 6) is -9.14. The number of phenolic OH excluding ortho intramolecular Hbond substituents is 2. The van der Waals surface area contributed by atoms with E-state index >= 15 is 0 Å². The second kappa shape index (κ2) is 32.7. The molecule has 5 heterocycles. The van der Waals surface area contributed by atoms with Gasteiger partial charge in [0.25, 0.3) is 0 Å². The minimum absolute atomic E-state index is 0.00624. The molecule has 8 rings (SSSR count). The van der Waals surface area contributed by atoms with E-state index in [1.807, 2.05) is 0 Å². The predicted molar refractivity (Wildman–Crippen MR) is 304 cm³/mol. The molecule has 3 aromatic carbocycles. The lowest BCUT2D eigenvalue weighted by atomic mass is 9.95. The van der Waals surface area contributed by atoms with Crippen molar-refractivity contribution in [3.05, 3.63) is 102 Å². The molecule has 5 aliphatic rings. The van der Waals surface area contributed by atoms with Crippen LogP contribution in [0.4, 0.5) is 0 Å². The first-order valence-corrected chi connectivity index (χ1v) is 29.1. The fourth-order valence-corrected chi connectivity index (χ4v) is 10.5. The molecule has 34 heteroatoms. The van der Waals surface area contributed by atoms with Crippen molar-refractivity contribution in [1.29, 1.82) is 0 Å². The van der Waals surface area contributed by atoms with E-state index in [9.17, 15) is 95.5 Å². The summed E-state index contributed by atoms with van der Waals surface area (Å²) >= 11 is 0. The van der Waals surface area contributed by atoms with Crippen LogP contribution in [-0.2, 0) is 85.5 Å². The van der Waals surface area contributed by atoms with Gasteiger partial charge < -0.3 is 143 Å². The number of esters is 5. The van der Waals surface area contributed by atoms with Crippen LogP contribution in [0.2, 0.25) is 0 Å². The molecular formula is C60H74O34. The fourth-order valence-electron chi connectivity index (χ4n) is 10.5. The fraction of sp³-hybridized carbons (Fsp3) is 0.550. The van der Waals surface area contributed by atoms with E-state index in [-0.39, 0.29) is 28.4 Å². The molecular weight excluding hydrogens is 1260 g/mol. The average Bonchev–Trinajstić information content (AvgIpc) is 1.38. The lowest BCUT2D eigenvalue weighted by molar-refractivity contribution is -0.423. The van der Waals surface area contributed by atoms with E-state index < -0.39 is 216 Å². The van der Waals surface area contributed by atoms with Crippen molar-refractivity contribution >= 4 is 42.0 Å². The summed E-state index contributed by atoms with van der Waals surface area (Å²) in [6, 6.07) is 16.4. The van der Waals surface area contributed by atoms with Crippen LogP contribution in [0.15, 0.2) is 84.9 Å². The Balaban J connectivity index is 1.28. The lowest BCUT2D eigenvalue weighted by Gasteiger charge is -2.51. The van der Waals surface area contributed by atoms with Gasteiger partial charge >= 0.3 is 29.8 Å². The molecule has 0 bridgehead atoms. The average molecular weight is 1340 g/mol. The Labute approximate surface area is 533 Å². The monoisotopic (exact) mass is 1340 g/mol. The molecule has 0 spiro atoms. The number of hydrogen-bond donors (Lipinski definition) is 14. The first kappa shape index (κ1) is 72.9. The van der Waals surface area contributed by atoms with Crippen LogP contribution in [0.3, 0.4) is 0 Å². The third-order valence-corrected chi connectivity index (χ3v) is 15.5. The van der Waals surface area contributed by atoms with Crippen LogP contribution in [0, 0.1) is 0 Å². The number of methoxy groups -OCH3 is 1. The molecule has 0 radical (unpaired) electrons. The maximum Gasteiger partial charge on any atom is 0.338 e. The first-order chi connectivity index (χ1) is 44.8. The highest BCUT2D eigenvalue weighted by molar-refractivity contribution is 5.90. The van der Waals surface area contributed by atoms with Crippen LogP contribution in [-0.4, -0.2) is 295 Å². The number of carbonyl (C=O) groups is 5. The van der Waals surface area contributed by atoms with Crippen molar-refractivity contribution in [2.75, 3.05) is 46.8 Å². The zero-order chi connectivity index (χ0) is 68.3. The number of aromatic hydroxyl groups is 2. The van der Waals surface area contributed by atoms with Gasteiger partial charge in [-0.1, -0.05) is 36.4 Å². The highest BCUT2D eigenvalue weighted by Crippen LogP contribution is 2.43. The molecule has 14 N–H and O–H groups in total. The van der Waals surface area contributed by atoms with E-state index in [1.165, 1.54) is 86.0 Å². The maximum absolute atomic E-state index is 14.3. The predicted octanol–water partition coefficient (Wildman–Crippen LogP) is -4.97. The standard InChI is InChI=1S/C60H74O34/c1-26(64)81-23-37-50(89-56-47(76)44(73)41(70)34(20-61)84-56)46(75)49(78)58(86-37)90-52-51(88-40(69)18-12-28-9-14-31(66)15-10-28)38(24-82-27(2)65)87-59(53(52)91-57-48(77)45(74)42(71)35(21-62)85-57)94-60(25-83-39(68)17-13-29-11-16-32(67)33(19-29)80-3)54(43(72)36(22-63)93-60)92-55(79)30-7-5-4-6-8-30/h4-19,34-38,41-54,56-59,61-63,66-67,70-78H,20-25H2,1-3H3/b17-13+,18-12+/t34-,35-,36-,37-,38-,41-,42-,43-,44+,45+,46-,47-,48-,49-,50-,51-,52+,53-,54+,56+,57+,58-,59-,60+/m1/s1. The molecule has 24 atom stereocenters. The number of benzene rings is 3. The van der Waals surface area contributed by atoms with Gasteiger partial charge in [0.1, 0.15) is 129 Å². The molecule has 518 valence electrons. The van der Waals surface area contributed by atoms with Crippen molar-refractivity contribution in [1.82, 2.24) is 0 Å². The lowest BCUT2D eigenvalue weighted by Crippen LogP contribution is -2.69. The van der Waals surface area contributed by atoms with Gasteiger partial charge in [-0.3, -0.25) is 9.59 Å². The summed E-state index contributed by atoms with van der Waals surface area (Å²) in [5.41, 5.74) is 0.417. The van der Waals surface area contributed by atoms with Gasteiger partial charge in [0.2, 0.25) is 5.79 Å². The highest BCUT2D eigenvalue weighted by atomic mass is 16.8. The second-order valence-corrected chi connectivity index (χ2v) is 22.0. The van der Waals surface area contributed by atoms with Gasteiger partial charge in [0.05, 0.1) is 32.5 Å². The number of hydrogen-bond acceptors (Lipinski definition) is 34. The van der Waals surface area contributed by atoms with Crippen LogP contribution >= 0.6 is 0 Å². The minimum atomic E-state index is -3.02. The van der Waals surface area contributed by atoms with Crippen molar-refractivity contribution < 1.29 is 167 Å². The van der Waals surface area contributed by atoms with E-state index in [0.29, 0.717) is 5.56 Å². The maximum atomic E-state index is 14.3. The van der Waals surface area contributed by atoms with Crippen molar-refractivity contribution in [3.63, 3.8) is 0 Å². The molecule has 0 aliphatic carbocycles. The summed E-state index contributed by atoms with van der Waals surface area (Å²) < 4.78 is 88.9. The number of aliphatic hydroxyl groups excluding tert-OH is 12. The molecule has 0 saturated carbocycles. The number of aliphatic hydroxyl groups is 12. The van der Waals surface area contributed by atoms with Gasteiger partial charge in [-0.2, -0.15) is 0 Å². The number of phenols is 2. The largest absolute Gasteiger partial charge is 0.508 e. The Kier molecular flexibility index (Phi) is 25.3. The van der Waals surface area contributed by atoms with Crippen molar-refractivity contribution in [3.8, 4) is 17.2 Å². The SMILES string of the molecule is COc1cc(/C=C/C(=O)OC[C@@]2(O[C@H]3O[C@H](COC(C)=O)[C@@H](OC(=O)/C=C/c4ccc(O)cc4)[C@H](O[C@H]4O[C@H](COC(C)=O)[C@@H](O[C@@H]5O[C@H](CO)[C@@H](O)[C@H](O)[C@H]5O)[C@H](O)[C@H]4O)[C@H]3O[C@@H]3O[C@H](CO)[C@@H](O)[C@H](O)[C@H]3O)O[C@H](CO)[C@@H](O)[C@@H]2OC(=O)c2ccccc2)ccc1O. The summed E-state index contributed by atoms with van der Waals surface area (Å²) in [5, 5.41) is 153. The van der Waals surface area contributed by atoms with Gasteiger partial charge in [-0.15, -0.1) is 0 Å². The van der Waals surface area contributed by atoms with Crippen molar-refractivity contribution in [2.45, 2.75) is 161 Å². The summed E-state index contributed by atoms with van der Waals surface area (Å²) in [6.07, 6.45) is -45.3. The quantitative estimate of drug-likeness (QED) is 0.0215. The third kappa shape index (κ3) is 17.4. The molecule has 0 aromatic heterocycles. The molecule has 5 aliphatic heterocycles. The third-order valence-electron chi connectivity index (χ3n) is 15.5. The number of carbonyl (C=O) groups excluding carboxylic acids is 5.